The molecule has 8 nitrogen and oxygen atoms in total. The van der Waals surface area contributed by atoms with Gasteiger partial charge in [-0.2, -0.15) is 0 Å². The summed E-state index contributed by atoms with van der Waals surface area (Å²) >= 11 is 0. The van der Waals surface area contributed by atoms with Gasteiger partial charge >= 0.3 is 0 Å². The summed E-state index contributed by atoms with van der Waals surface area (Å²) in [7, 11) is 0. The summed E-state index contributed by atoms with van der Waals surface area (Å²) in [6, 6.07) is 7.56. The van der Waals surface area contributed by atoms with Crippen LogP contribution in [0.25, 0.3) is 5.82 Å². The van der Waals surface area contributed by atoms with Crippen LogP contribution < -0.4 is 0 Å². The Morgan fingerprint density at radius 2 is 1.90 bits per heavy atom. The fourth-order valence-corrected chi connectivity index (χ4v) is 3.51. The molecule has 0 unspecified atom stereocenters. The van der Waals surface area contributed by atoms with E-state index < -0.39 is 0 Å². The molecule has 1 saturated heterocycles. The first-order valence-electron chi connectivity index (χ1n) is 10.2. The number of morpholine rings is 1. The van der Waals surface area contributed by atoms with Gasteiger partial charge in [-0.1, -0.05) is 0 Å². The van der Waals surface area contributed by atoms with Gasteiger partial charge in [-0.3, -0.25) is 19.2 Å². The predicted molar refractivity (Wildman–Crippen MR) is 112 cm³/mol. The highest BCUT2D eigenvalue weighted by molar-refractivity contribution is 5.94. The minimum absolute atomic E-state index is 0.0153. The standard InChI is InChI=1S/C22H26N6O2/c29-22(20-2-3-21(25-16-20)28-11-8-24-18-28)27(17-19-4-6-23-7-5-19)10-1-9-26-12-14-30-15-13-26/h2-8,11,16,18H,1,9-10,12-15,17H2. The number of ether oxygens (including phenoxy) is 1. The summed E-state index contributed by atoms with van der Waals surface area (Å²) in [5.74, 6) is 0.718. The molecular formula is C22H26N6O2. The first kappa shape index (κ1) is 20.2. The molecule has 0 aliphatic carbocycles. The average Bonchev–Trinajstić information content (AvgIpc) is 3.35. The maximum absolute atomic E-state index is 13.2. The van der Waals surface area contributed by atoms with Crippen molar-refractivity contribution in [3.8, 4) is 5.82 Å². The zero-order valence-electron chi connectivity index (χ0n) is 16.9. The number of pyridine rings is 2. The molecule has 1 aliphatic rings. The third-order valence-electron chi connectivity index (χ3n) is 5.18. The van der Waals surface area contributed by atoms with Crippen LogP contribution in [0.4, 0.5) is 0 Å². The largest absolute Gasteiger partial charge is 0.379 e. The molecule has 1 fully saturated rings. The molecule has 0 atom stereocenters. The van der Waals surface area contributed by atoms with E-state index in [2.05, 4.69) is 19.9 Å². The van der Waals surface area contributed by atoms with Crippen molar-refractivity contribution in [1.82, 2.24) is 29.3 Å². The van der Waals surface area contributed by atoms with E-state index in [4.69, 9.17) is 4.74 Å². The molecule has 1 amide bonds. The van der Waals surface area contributed by atoms with Gasteiger partial charge < -0.3 is 9.64 Å². The topological polar surface area (TPSA) is 76.4 Å². The van der Waals surface area contributed by atoms with Crippen LogP contribution in [0.2, 0.25) is 0 Å². The van der Waals surface area contributed by atoms with E-state index in [0.717, 1.165) is 50.7 Å². The summed E-state index contributed by atoms with van der Waals surface area (Å²) in [5, 5.41) is 0. The number of aromatic nitrogens is 4. The molecule has 0 radical (unpaired) electrons. The van der Waals surface area contributed by atoms with Gasteiger partial charge in [0.05, 0.1) is 18.8 Å². The number of hydrogen-bond donors (Lipinski definition) is 0. The summed E-state index contributed by atoms with van der Waals surface area (Å²) < 4.78 is 7.22. The molecular weight excluding hydrogens is 380 g/mol. The van der Waals surface area contributed by atoms with Gasteiger partial charge in [0, 0.05) is 63.7 Å². The van der Waals surface area contributed by atoms with Crippen LogP contribution in [0.1, 0.15) is 22.3 Å². The third kappa shape index (κ3) is 5.28. The Labute approximate surface area is 176 Å². The molecule has 4 heterocycles. The zero-order chi connectivity index (χ0) is 20.6. The fraction of sp³-hybridized carbons (Fsp3) is 0.364. The summed E-state index contributed by atoms with van der Waals surface area (Å²) in [5.41, 5.74) is 1.65. The Balaban J connectivity index is 1.43. The molecule has 0 N–H and O–H groups in total. The molecule has 4 rings (SSSR count). The second-order valence-corrected chi connectivity index (χ2v) is 7.26. The number of amides is 1. The van der Waals surface area contributed by atoms with Crippen molar-refractivity contribution in [2.24, 2.45) is 0 Å². The van der Waals surface area contributed by atoms with Gasteiger partial charge in [0.25, 0.3) is 5.91 Å². The van der Waals surface area contributed by atoms with Crippen LogP contribution in [0.5, 0.6) is 0 Å². The Kier molecular flexibility index (Phi) is 6.79. The summed E-state index contributed by atoms with van der Waals surface area (Å²) in [4.78, 5) is 30.1. The summed E-state index contributed by atoms with van der Waals surface area (Å²) in [6.07, 6.45) is 11.3. The first-order valence-corrected chi connectivity index (χ1v) is 10.2. The van der Waals surface area contributed by atoms with E-state index >= 15 is 0 Å². The van der Waals surface area contributed by atoms with E-state index in [-0.39, 0.29) is 5.91 Å². The van der Waals surface area contributed by atoms with Gasteiger partial charge in [0.2, 0.25) is 0 Å². The molecule has 8 heteroatoms. The van der Waals surface area contributed by atoms with Gasteiger partial charge in [0.15, 0.2) is 0 Å². The number of imidazole rings is 1. The smallest absolute Gasteiger partial charge is 0.255 e. The molecule has 0 saturated carbocycles. The molecule has 156 valence electrons. The Morgan fingerprint density at radius 1 is 1.07 bits per heavy atom. The lowest BCUT2D eigenvalue weighted by molar-refractivity contribution is 0.0355. The van der Waals surface area contributed by atoms with Crippen LogP contribution in [0.15, 0.2) is 61.6 Å². The normalized spacial score (nSPS) is 14.5. The van der Waals surface area contributed by atoms with Crippen LogP contribution in [-0.4, -0.2) is 74.6 Å². The van der Waals surface area contributed by atoms with Crippen molar-refractivity contribution in [3.05, 3.63) is 72.7 Å². The monoisotopic (exact) mass is 406 g/mol. The zero-order valence-corrected chi connectivity index (χ0v) is 16.9. The third-order valence-corrected chi connectivity index (χ3v) is 5.18. The van der Waals surface area contributed by atoms with E-state index in [0.29, 0.717) is 18.7 Å². The van der Waals surface area contributed by atoms with Crippen molar-refractivity contribution in [2.75, 3.05) is 39.4 Å². The highest BCUT2D eigenvalue weighted by Gasteiger charge is 2.18. The SMILES string of the molecule is O=C(c1ccc(-n2ccnc2)nc1)N(CCCN1CCOCC1)Cc1ccncc1. The van der Waals surface area contributed by atoms with Crippen molar-refractivity contribution < 1.29 is 9.53 Å². The minimum Gasteiger partial charge on any atom is -0.379 e. The molecule has 30 heavy (non-hydrogen) atoms. The molecule has 0 spiro atoms. The Morgan fingerprint density at radius 3 is 2.60 bits per heavy atom. The highest BCUT2D eigenvalue weighted by atomic mass is 16.5. The molecule has 0 aromatic carbocycles. The van der Waals surface area contributed by atoms with Crippen LogP contribution in [0, 0.1) is 0 Å². The van der Waals surface area contributed by atoms with Crippen LogP contribution in [-0.2, 0) is 11.3 Å². The van der Waals surface area contributed by atoms with Gasteiger partial charge in [-0.15, -0.1) is 0 Å². The second-order valence-electron chi connectivity index (χ2n) is 7.26. The average molecular weight is 406 g/mol. The van der Waals surface area contributed by atoms with Crippen LogP contribution in [0.3, 0.4) is 0 Å². The quantitative estimate of drug-likeness (QED) is 0.570. The van der Waals surface area contributed by atoms with Crippen molar-refractivity contribution in [3.63, 3.8) is 0 Å². The highest BCUT2D eigenvalue weighted by Crippen LogP contribution is 2.12. The summed E-state index contributed by atoms with van der Waals surface area (Å²) in [6.45, 7) is 5.68. The van der Waals surface area contributed by atoms with Crippen molar-refractivity contribution >= 4 is 5.91 Å². The lowest BCUT2D eigenvalue weighted by atomic mass is 10.2. The fourth-order valence-electron chi connectivity index (χ4n) is 3.51. The molecule has 1 aliphatic heterocycles. The minimum atomic E-state index is -0.0153. The Hall–Kier alpha value is -3.10. The van der Waals surface area contributed by atoms with Gasteiger partial charge in [-0.05, 0) is 36.2 Å². The number of hydrogen-bond acceptors (Lipinski definition) is 6. The predicted octanol–water partition coefficient (Wildman–Crippen LogP) is 2.03. The lowest BCUT2D eigenvalue weighted by Crippen LogP contribution is -2.39. The van der Waals surface area contributed by atoms with E-state index in [1.165, 1.54) is 0 Å². The lowest BCUT2D eigenvalue weighted by Gasteiger charge is -2.28. The van der Waals surface area contributed by atoms with E-state index in [1.807, 2.05) is 39.9 Å². The van der Waals surface area contributed by atoms with E-state index in [9.17, 15) is 4.79 Å². The maximum atomic E-state index is 13.2. The van der Waals surface area contributed by atoms with E-state index in [1.54, 1.807) is 31.1 Å². The molecule has 3 aromatic heterocycles. The maximum Gasteiger partial charge on any atom is 0.255 e. The van der Waals surface area contributed by atoms with Crippen LogP contribution >= 0.6 is 0 Å². The van der Waals surface area contributed by atoms with Gasteiger partial charge in [0.1, 0.15) is 12.1 Å². The first-order chi connectivity index (χ1) is 14.8. The molecule has 3 aromatic rings. The number of carbonyl (C=O) groups excluding carboxylic acids is 1. The van der Waals surface area contributed by atoms with Crippen molar-refractivity contribution in [2.45, 2.75) is 13.0 Å². The van der Waals surface area contributed by atoms with Crippen molar-refractivity contribution in [1.29, 1.82) is 0 Å². The second kappa shape index (κ2) is 10.1. The number of carbonyl (C=O) groups is 1. The van der Waals surface area contributed by atoms with Gasteiger partial charge in [-0.25, -0.2) is 9.97 Å². The molecule has 0 bridgehead atoms. The Bertz CT molecular complexity index is 909. The number of rotatable bonds is 8. The number of nitrogens with zero attached hydrogens (tertiary/aromatic N) is 6.